The molecule has 1 heterocycles. The first kappa shape index (κ1) is 15.3. The molecule has 114 valence electrons. The molecule has 2 fully saturated rings. The van der Waals surface area contributed by atoms with Crippen LogP contribution in [0.4, 0.5) is 0 Å². The van der Waals surface area contributed by atoms with Crippen molar-refractivity contribution < 1.29 is 14.3 Å². The number of rotatable bonds is 6. The van der Waals surface area contributed by atoms with Crippen molar-refractivity contribution in [2.75, 3.05) is 13.2 Å². The molecule has 20 heavy (non-hydrogen) atoms. The van der Waals surface area contributed by atoms with Crippen LogP contribution >= 0.6 is 0 Å². The molecule has 1 saturated carbocycles. The Kier molecular flexibility index (Phi) is 4.68. The van der Waals surface area contributed by atoms with E-state index in [9.17, 15) is 9.59 Å². The average molecular weight is 282 g/mol. The van der Waals surface area contributed by atoms with Crippen LogP contribution in [0.5, 0.6) is 0 Å². The van der Waals surface area contributed by atoms with Gasteiger partial charge in [0.1, 0.15) is 12.1 Å². The van der Waals surface area contributed by atoms with Gasteiger partial charge < -0.3 is 15.0 Å². The zero-order valence-electron chi connectivity index (χ0n) is 12.9. The first-order valence-corrected chi connectivity index (χ1v) is 7.64. The van der Waals surface area contributed by atoms with Gasteiger partial charge in [0.25, 0.3) is 0 Å². The normalized spacial score (nSPS) is 27.4. The summed E-state index contributed by atoms with van der Waals surface area (Å²) in [6.45, 7) is 8.87. The average Bonchev–Trinajstić information content (AvgIpc) is 3.16. The van der Waals surface area contributed by atoms with Gasteiger partial charge in [-0.1, -0.05) is 13.8 Å². The largest absolute Gasteiger partial charge is 0.377 e. The Hall–Kier alpha value is -1.10. The summed E-state index contributed by atoms with van der Waals surface area (Å²) >= 11 is 0. The van der Waals surface area contributed by atoms with E-state index in [1.165, 1.54) is 0 Å². The highest BCUT2D eigenvalue weighted by molar-refractivity contribution is 5.97. The Morgan fingerprint density at radius 1 is 1.25 bits per heavy atom. The van der Waals surface area contributed by atoms with Crippen LogP contribution in [0.1, 0.15) is 40.5 Å². The molecule has 0 aromatic rings. The number of nitrogens with one attached hydrogen (secondary N) is 1. The molecule has 0 radical (unpaired) electrons. The lowest BCUT2D eigenvalue weighted by molar-refractivity contribution is -0.152. The minimum atomic E-state index is -0.392. The van der Waals surface area contributed by atoms with Crippen molar-refractivity contribution >= 4 is 11.8 Å². The summed E-state index contributed by atoms with van der Waals surface area (Å²) < 4.78 is 5.55. The fraction of sp³-hybridized carbons (Fsp3) is 0.867. The van der Waals surface area contributed by atoms with E-state index in [-0.39, 0.29) is 29.9 Å². The van der Waals surface area contributed by atoms with Gasteiger partial charge in [0, 0.05) is 6.54 Å². The smallest absolute Gasteiger partial charge is 0.246 e. The predicted octanol–water partition coefficient (Wildman–Crippen LogP) is 1.17. The highest BCUT2D eigenvalue weighted by Gasteiger charge is 2.48. The topological polar surface area (TPSA) is 58.6 Å². The number of piperazine rings is 1. The van der Waals surface area contributed by atoms with E-state index in [1.54, 1.807) is 4.90 Å². The summed E-state index contributed by atoms with van der Waals surface area (Å²) in [6, 6.07) is -0.676. The Balaban J connectivity index is 2.07. The van der Waals surface area contributed by atoms with Crippen molar-refractivity contribution in [3.05, 3.63) is 0 Å². The molecule has 2 rings (SSSR count). The number of hydrogen-bond acceptors (Lipinski definition) is 3. The molecule has 1 N–H and O–H groups in total. The molecule has 1 aliphatic carbocycles. The van der Waals surface area contributed by atoms with Crippen LogP contribution in [0, 0.1) is 11.8 Å². The maximum Gasteiger partial charge on any atom is 0.246 e. The van der Waals surface area contributed by atoms with Gasteiger partial charge in [0.15, 0.2) is 0 Å². The Bertz CT molecular complexity index is 377. The van der Waals surface area contributed by atoms with Crippen molar-refractivity contribution in [3.63, 3.8) is 0 Å². The summed E-state index contributed by atoms with van der Waals surface area (Å²) in [5.41, 5.74) is 0. The summed E-state index contributed by atoms with van der Waals surface area (Å²) in [6.07, 6.45) is 2.22. The first-order chi connectivity index (χ1) is 9.41. The fourth-order valence-corrected chi connectivity index (χ4v) is 2.73. The Morgan fingerprint density at radius 3 is 2.40 bits per heavy atom. The van der Waals surface area contributed by atoms with Gasteiger partial charge in [-0.3, -0.25) is 9.59 Å². The molecule has 1 aliphatic heterocycles. The molecule has 2 amide bonds. The Labute approximate surface area is 121 Å². The standard InChI is InChI=1S/C15H26N2O3/c1-9(2)12-15(19)17(7-8-20-10(3)4)13(11-5-6-11)14(18)16-12/h9-13H,5-8H2,1-4H3,(H,16,18). The molecule has 2 aliphatic rings. The van der Waals surface area contributed by atoms with Gasteiger partial charge in [0.05, 0.1) is 12.7 Å². The lowest BCUT2D eigenvalue weighted by Gasteiger charge is -2.40. The van der Waals surface area contributed by atoms with E-state index in [0.717, 1.165) is 12.8 Å². The number of carbonyl (C=O) groups is 2. The lowest BCUT2D eigenvalue weighted by Crippen LogP contribution is -2.65. The van der Waals surface area contributed by atoms with Gasteiger partial charge in [-0.15, -0.1) is 0 Å². The predicted molar refractivity (Wildman–Crippen MR) is 76.1 cm³/mol. The fourth-order valence-electron chi connectivity index (χ4n) is 2.73. The minimum absolute atomic E-state index is 0.00958. The van der Waals surface area contributed by atoms with Crippen LogP contribution in [-0.4, -0.2) is 48.1 Å². The summed E-state index contributed by atoms with van der Waals surface area (Å²) in [5.74, 6) is 0.505. The molecule has 5 nitrogen and oxygen atoms in total. The van der Waals surface area contributed by atoms with Crippen molar-refractivity contribution in [3.8, 4) is 0 Å². The van der Waals surface area contributed by atoms with Crippen LogP contribution in [0.25, 0.3) is 0 Å². The monoisotopic (exact) mass is 282 g/mol. The first-order valence-electron chi connectivity index (χ1n) is 7.64. The molecule has 0 aromatic carbocycles. The van der Waals surface area contributed by atoms with Crippen molar-refractivity contribution in [1.29, 1.82) is 0 Å². The maximum atomic E-state index is 12.6. The van der Waals surface area contributed by atoms with Crippen molar-refractivity contribution in [1.82, 2.24) is 10.2 Å². The molecule has 5 heteroatoms. The molecule has 2 atom stereocenters. The molecule has 0 aromatic heterocycles. The van der Waals surface area contributed by atoms with Crippen molar-refractivity contribution in [2.45, 2.75) is 58.7 Å². The van der Waals surface area contributed by atoms with E-state index in [0.29, 0.717) is 19.1 Å². The minimum Gasteiger partial charge on any atom is -0.377 e. The van der Waals surface area contributed by atoms with Gasteiger partial charge in [0.2, 0.25) is 11.8 Å². The quantitative estimate of drug-likeness (QED) is 0.795. The zero-order chi connectivity index (χ0) is 14.9. The summed E-state index contributed by atoms with van der Waals surface area (Å²) in [7, 11) is 0. The second kappa shape index (κ2) is 6.12. The molecular formula is C15H26N2O3. The van der Waals surface area contributed by atoms with Gasteiger partial charge >= 0.3 is 0 Å². The van der Waals surface area contributed by atoms with Crippen LogP contribution in [0.2, 0.25) is 0 Å². The molecule has 2 unspecified atom stereocenters. The Morgan fingerprint density at radius 2 is 1.90 bits per heavy atom. The zero-order valence-corrected chi connectivity index (χ0v) is 12.9. The molecule has 0 bridgehead atoms. The van der Waals surface area contributed by atoms with Crippen molar-refractivity contribution in [2.24, 2.45) is 11.8 Å². The number of ether oxygens (including phenoxy) is 1. The van der Waals surface area contributed by atoms with E-state index < -0.39 is 6.04 Å². The lowest BCUT2D eigenvalue weighted by atomic mass is 9.96. The third kappa shape index (κ3) is 3.32. The van der Waals surface area contributed by atoms with E-state index >= 15 is 0 Å². The SMILES string of the molecule is CC(C)OCCN1C(=O)C(C(C)C)NC(=O)C1C1CC1. The summed E-state index contributed by atoms with van der Waals surface area (Å²) in [4.78, 5) is 26.6. The number of amides is 2. The maximum absolute atomic E-state index is 12.6. The van der Waals surface area contributed by atoms with Gasteiger partial charge in [-0.05, 0) is 38.5 Å². The van der Waals surface area contributed by atoms with E-state index in [2.05, 4.69) is 5.32 Å². The van der Waals surface area contributed by atoms with Crippen LogP contribution in [-0.2, 0) is 14.3 Å². The number of carbonyl (C=O) groups excluding carboxylic acids is 2. The van der Waals surface area contributed by atoms with Crippen LogP contribution in [0.3, 0.4) is 0 Å². The third-order valence-electron chi connectivity index (χ3n) is 3.97. The van der Waals surface area contributed by atoms with Gasteiger partial charge in [-0.2, -0.15) is 0 Å². The highest BCUT2D eigenvalue weighted by atomic mass is 16.5. The van der Waals surface area contributed by atoms with Crippen LogP contribution in [0.15, 0.2) is 0 Å². The number of hydrogen-bond donors (Lipinski definition) is 1. The summed E-state index contributed by atoms with van der Waals surface area (Å²) in [5, 5.41) is 2.90. The second-order valence-corrected chi connectivity index (χ2v) is 6.46. The number of nitrogens with zero attached hydrogens (tertiary/aromatic N) is 1. The molecular weight excluding hydrogens is 256 g/mol. The van der Waals surface area contributed by atoms with E-state index in [1.807, 2.05) is 27.7 Å². The van der Waals surface area contributed by atoms with Crippen LogP contribution < -0.4 is 5.32 Å². The molecule has 0 spiro atoms. The van der Waals surface area contributed by atoms with E-state index in [4.69, 9.17) is 4.74 Å². The van der Waals surface area contributed by atoms with Gasteiger partial charge in [-0.25, -0.2) is 0 Å². The molecule has 1 saturated heterocycles. The highest BCUT2D eigenvalue weighted by Crippen LogP contribution is 2.37. The third-order valence-corrected chi connectivity index (χ3v) is 3.97. The second-order valence-electron chi connectivity index (χ2n) is 6.46.